The first-order chi connectivity index (χ1) is 26.5. The molecular weight excluding hydrogens is 663 g/mol. The highest BCUT2D eigenvalue weighted by molar-refractivity contribution is 5.91. The molecule has 2 aliphatic rings. The van der Waals surface area contributed by atoms with Gasteiger partial charge in [0.2, 0.25) is 0 Å². The van der Waals surface area contributed by atoms with Gasteiger partial charge in [0.1, 0.15) is 0 Å². The highest BCUT2D eigenvalue weighted by Gasteiger charge is 2.37. The van der Waals surface area contributed by atoms with Crippen molar-refractivity contribution in [3.05, 3.63) is 187 Å². The third kappa shape index (κ3) is 5.22. The quantitative estimate of drug-likeness (QED) is 0.178. The zero-order valence-corrected chi connectivity index (χ0v) is 29.9. The summed E-state index contributed by atoms with van der Waals surface area (Å²) in [6, 6.07) is 60.7. The molecule has 0 N–H and O–H groups in total. The summed E-state index contributed by atoms with van der Waals surface area (Å²) in [4.78, 5) is 19.4. The van der Waals surface area contributed by atoms with Crippen molar-refractivity contribution >= 4 is 34.1 Å². The van der Waals surface area contributed by atoms with Crippen LogP contribution < -0.4 is 14.5 Å². The number of rotatable bonds is 5. The van der Waals surface area contributed by atoms with Gasteiger partial charge in [-0.3, -0.25) is 0 Å². The number of ether oxygens (including phenoxy) is 1. The van der Waals surface area contributed by atoms with E-state index in [1.807, 2.05) is 78.9 Å². The van der Waals surface area contributed by atoms with Gasteiger partial charge >= 0.3 is 0 Å². The molecule has 2 aliphatic heterocycles. The summed E-state index contributed by atoms with van der Waals surface area (Å²) in [5.41, 5.74) is 11.5. The lowest BCUT2D eigenvalue weighted by molar-refractivity contribution is 0.477. The van der Waals surface area contributed by atoms with E-state index in [4.69, 9.17) is 19.7 Å². The summed E-state index contributed by atoms with van der Waals surface area (Å²) in [6.45, 7) is 4.62. The van der Waals surface area contributed by atoms with Crippen LogP contribution in [0.2, 0.25) is 0 Å². The largest absolute Gasteiger partial charge is 0.453 e. The third-order valence-electron chi connectivity index (χ3n) is 10.5. The van der Waals surface area contributed by atoms with Gasteiger partial charge in [-0.05, 0) is 71.8 Å². The molecule has 0 bridgehead atoms. The molecule has 8 aromatic rings. The Hall–Kier alpha value is -7.05. The van der Waals surface area contributed by atoms with Crippen molar-refractivity contribution in [1.29, 1.82) is 0 Å². The molecule has 0 radical (unpaired) electrons. The Morgan fingerprint density at radius 3 is 1.39 bits per heavy atom. The molecule has 0 aliphatic carbocycles. The van der Waals surface area contributed by atoms with E-state index in [1.165, 1.54) is 22.5 Å². The molecule has 0 fully saturated rings. The van der Waals surface area contributed by atoms with E-state index in [1.54, 1.807) is 0 Å². The van der Waals surface area contributed by atoms with Crippen molar-refractivity contribution in [1.82, 2.24) is 15.0 Å². The van der Waals surface area contributed by atoms with Gasteiger partial charge in [0, 0.05) is 33.9 Å². The maximum absolute atomic E-state index is 6.69. The first kappa shape index (κ1) is 31.7. The van der Waals surface area contributed by atoms with Crippen LogP contribution in [0.15, 0.2) is 176 Å². The molecule has 0 saturated heterocycles. The molecule has 0 amide bonds. The lowest BCUT2D eigenvalue weighted by atomic mass is 9.73. The molecule has 7 aromatic carbocycles. The molecule has 3 heterocycles. The number of fused-ring (bicyclic) bond motifs is 4. The molecule has 10 rings (SSSR count). The van der Waals surface area contributed by atoms with Crippen molar-refractivity contribution in [3.63, 3.8) is 0 Å². The molecule has 0 saturated carbocycles. The standard InChI is InChI=1S/C48H35N5O/c1-48(2)37-19-9-11-21-39(37)53(40-22-12-10-20-38(40)48)36-29-30-42-44(31-36)54-43-24-14-13-23-41(43)52(42)35-27-25-34(26-28-35)47-50-45(32-15-5-3-6-16-32)49-46(51-47)33-17-7-4-8-18-33/h3-31H,1-2H3. The van der Waals surface area contributed by atoms with Gasteiger partial charge in [-0.1, -0.05) is 123 Å². The van der Waals surface area contributed by atoms with Crippen LogP contribution in [0.3, 0.4) is 0 Å². The minimum Gasteiger partial charge on any atom is -0.453 e. The van der Waals surface area contributed by atoms with Crippen LogP contribution in [0.25, 0.3) is 34.2 Å². The summed E-state index contributed by atoms with van der Waals surface area (Å²) in [7, 11) is 0. The number of para-hydroxylation sites is 4. The smallest absolute Gasteiger partial charge is 0.164 e. The van der Waals surface area contributed by atoms with E-state index in [2.05, 4.69) is 121 Å². The number of anilines is 6. The van der Waals surface area contributed by atoms with Gasteiger partial charge < -0.3 is 14.5 Å². The monoisotopic (exact) mass is 697 g/mol. The number of benzene rings is 7. The number of nitrogens with zero attached hydrogens (tertiary/aromatic N) is 5. The fourth-order valence-electron chi connectivity index (χ4n) is 7.81. The van der Waals surface area contributed by atoms with E-state index in [0.29, 0.717) is 17.5 Å². The van der Waals surface area contributed by atoms with Crippen LogP contribution in [0, 0.1) is 0 Å². The van der Waals surface area contributed by atoms with Crippen LogP contribution in [-0.2, 0) is 5.41 Å². The van der Waals surface area contributed by atoms with Crippen LogP contribution in [0.5, 0.6) is 11.5 Å². The summed E-state index contributed by atoms with van der Waals surface area (Å²) in [5, 5.41) is 0. The zero-order valence-electron chi connectivity index (χ0n) is 29.9. The fraction of sp³-hybridized carbons (Fsp3) is 0.0625. The predicted octanol–water partition coefficient (Wildman–Crippen LogP) is 12.6. The molecular formula is C48H35N5O. The summed E-state index contributed by atoms with van der Waals surface area (Å²) in [5.74, 6) is 3.47. The Morgan fingerprint density at radius 2 is 0.815 bits per heavy atom. The molecule has 0 unspecified atom stereocenters. The average molecular weight is 698 g/mol. The predicted molar refractivity (Wildman–Crippen MR) is 218 cm³/mol. The lowest BCUT2D eigenvalue weighted by Crippen LogP contribution is -2.30. The summed E-state index contributed by atoms with van der Waals surface area (Å²) in [6.07, 6.45) is 0. The van der Waals surface area contributed by atoms with Crippen LogP contribution >= 0.6 is 0 Å². The van der Waals surface area contributed by atoms with Crippen molar-refractivity contribution in [3.8, 4) is 45.7 Å². The maximum atomic E-state index is 6.69. The van der Waals surface area contributed by atoms with Crippen LogP contribution in [0.4, 0.5) is 34.1 Å². The Kier molecular flexibility index (Phi) is 7.37. The Morgan fingerprint density at radius 1 is 0.389 bits per heavy atom. The number of hydrogen-bond acceptors (Lipinski definition) is 6. The fourth-order valence-corrected chi connectivity index (χ4v) is 7.81. The first-order valence-corrected chi connectivity index (χ1v) is 18.2. The lowest BCUT2D eigenvalue weighted by Gasteiger charge is -2.42. The molecule has 0 atom stereocenters. The maximum Gasteiger partial charge on any atom is 0.164 e. The van der Waals surface area contributed by atoms with Crippen molar-refractivity contribution in [2.24, 2.45) is 0 Å². The normalized spacial score (nSPS) is 13.6. The second-order valence-corrected chi connectivity index (χ2v) is 14.1. The van der Waals surface area contributed by atoms with Gasteiger partial charge in [0.05, 0.1) is 28.4 Å². The van der Waals surface area contributed by atoms with Crippen molar-refractivity contribution in [2.75, 3.05) is 9.80 Å². The SMILES string of the molecule is CC1(C)c2ccccc2N(c2ccc3c(c2)Oc2ccccc2N3c2ccc(-c3nc(-c4ccccc4)nc(-c4ccccc4)n3)cc2)c2ccccc21. The van der Waals surface area contributed by atoms with E-state index >= 15 is 0 Å². The van der Waals surface area contributed by atoms with Crippen LogP contribution in [0.1, 0.15) is 25.0 Å². The van der Waals surface area contributed by atoms with Crippen LogP contribution in [-0.4, -0.2) is 15.0 Å². The van der Waals surface area contributed by atoms with Gasteiger partial charge in [-0.15, -0.1) is 0 Å². The molecule has 1 aromatic heterocycles. The third-order valence-corrected chi connectivity index (χ3v) is 10.5. The van der Waals surface area contributed by atoms with Crippen molar-refractivity contribution in [2.45, 2.75) is 19.3 Å². The molecule has 54 heavy (non-hydrogen) atoms. The minimum atomic E-state index is -0.135. The van der Waals surface area contributed by atoms with Gasteiger partial charge in [0.15, 0.2) is 29.0 Å². The topological polar surface area (TPSA) is 54.4 Å². The van der Waals surface area contributed by atoms with E-state index < -0.39 is 0 Å². The Labute approximate surface area is 314 Å². The molecule has 6 nitrogen and oxygen atoms in total. The van der Waals surface area contributed by atoms with E-state index in [9.17, 15) is 0 Å². The average Bonchev–Trinajstić information content (AvgIpc) is 3.23. The highest BCUT2D eigenvalue weighted by Crippen LogP contribution is 2.55. The molecule has 258 valence electrons. The van der Waals surface area contributed by atoms with Gasteiger partial charge in [0.25, 0.3) is 0 Å². The second-order valence-electron chi connectivity index (χ2n) is 14.1. The van der Waals surface area contributed by atoms with E-state index in [-0.39, 0.29) is 5.41 Å². The highest BCUT2D eigenvalue weighted by atomic mass is 16.5. The summed E-state index contributed by atoms with van der Waals surface area (Å²) < 4.78 is 6.69. The Balaban J connectivity index is 1.06. The zero-order chi connectivity index (χ0) is 36.2. The summed E-state index contributed by atoms with van der Waals surface area (Å²) >= 11 is 0. The number of hydrogen-bond donors (Lipinski definition) is 0. The molecule has 0 spiro atoms. The van der Waals surface area contributed by atoms with Gasteiger partial charge in [-0.25, -0.2) is 15.0 Å². The molecule has 6 heteroatoms. The Bertz CT molecular complexity index is 2570. The second kappa shape index (κ2) is 12.6. The number of aromatic nitrogens is 3. The first-order valence-electron chi connectivity index (χ1n) is 18.2. The van der Waals surface area contributed by atoms with E-state index in [0.717, 1.165) is 50.9 Å². The van der Waals surface area contributed by atoms with Gasteiger partial charge in [-0.2, -0.15) is 0 Å². The van der Waals surface area contributed by atoms with Crippen molar-refractivity contribution < 1.29 is 4.74 Å². The minimum absolute atomic E-state index is 0.135.